The number of ether oxygens (including phenoxy) is 1. The van der Waals surface area contributed by atoms with Crippen LogP contribution in [-0.4, -0.2) is 25.5 Å². The number of nitrogens with zero attached hydrogens (tertiary/aromatic N) is 1. The van der Waals surface area contributed by atoms with E-state index in [4.69, 9.17) is 4.74 Å². The fourth-order valence-corrected chi connectivity index (χ4v) is 2.99. The van der Waals surface area contributed by atoms with Gasteiger partial charge in [-0.05, 0) is 24.0 Å². The number of nitro groups is 1. The number of hydrogen-bond donors (Lipinski definition) is 1. The molecule has 23 heavy (non-hydrogen) atoms. The molecule has 0 radical (unpaired) electrons. The Balaban J connectivity index is 2.85. The number of benzene rings is 1. The summed E-state index contributed by atoms with van der Waals surface area (Å²) in [6.07, 6.45) is -1.50. The quantitative estimate of drug-likeness (QED) is 0.626. The lowest BCUT2D eigenvalue weighted by Crippen LogP contribution is -2.37. The first-order valence-corrected chi connectivity index (χ1v) is 8.50. The normalized spacial score (nSPS) is 11.8. The van der Waals surface area contributed by atoms with Crippen LogP contribution < -0.4 is 4.72 Å². The van der Waals surface area contributed by atoms with Gasteiger partial charge in [-0.15, -0.1) is 0 Å². The summed E-state index contributed by atoms with van der Waals surface area (Å²) in [6.45, 7) is 7.46. The molecule has 128 valence electrons. The Kier molecular flexibility index (Phi) is 6.08. The molecule has 0 atom stereocenters. The zero-order valence-electron chi connectivity index (χ0n) is 13.3. The second-order valence-electron chi connectivity index (χ2n) is 5.71. The van der Waals surface area contributed by atoms with E-state index in [1.165, 1.54) is 0 Å². The summed E-state index contributed by atoms with van der Waals surface area (Å²) >= 11 is 0. The second-order valence-corrected chi connectivity index (χ2v) is 7.40. The van der Waals surface area contributed by atoms with Gasteiger partial charge in [0.1, 0.15) is 6.10 Å². The molecule has 0 aliphatic heterocycles. The number of non-ortho nitro benzene ring substituents is 1. The van der Waals surface area contributed by atoms with Crippen molar-refractivity contribution in [3.05, 3.63) is 34.4 Å². The Hall–Kier alpha value is -2.16. The number of sulfonamides is 1. The molecule has 0 spiro atoms. The van der Waals surface area contributed by atoms with Crippen LogP contribution in [-0.2, 0) is 14.8 Å². The van der Waals surface area contributed by atoms with Crippen molar-refractivity contribution >= 4 is 21.8 Å². The maximum absolute atomic E-state index is 12.1. The number of amides is 1. The van der Waals surface area contributed by atoms with E-state index in [9.17, 15) is 23.3 Å². The van der Waals surface area contributed by atoms with E-state index in [0.29, 0.717) is 0 Å². The van der Waals surface area contributed by atoms with Gasteiger partial charge in [0, 0.05) is 12.1 Å². The van der Waals surface area contributed by atoms with E-state index in [1.807, 2.05) is 27.7 Å². The van der Waals surface area contributed by atoms with Crippen LogP contribution in [0.1, 0.15) is 27.7 Å². The van der Waals surface area contributed by atoms with E-state index >= 15 is 0 Å². The minimum Gasteiger partial charge on any atom is -0.445 e. The summed E-state index contributed by atoms with van der Waals surface area (Å²) in [7, 11) is -4.15. The molecule has 8 nitrogen and oxygen atoms in total. The highest BCUT2D eigenvalue weighted by atomic mass is 32.2. The number of hydrogen-bond acceptors (Lipinski definition) is 6. The summed E-state index contributed by atoms with van der Waals surface area (Å²) in [6, 6.07) is 4.20. The van der Waals surface area contributed by atoms with Crippen LogP contribution in [0, 0.1) is 22.0 Å². The fraction of sp³-hybridized carbons (Fsp3) is 0.500. The zero-order valence-corrected chi connectivity index (χ0v) is 14.2. The van der Waals surface area contributed by atoms with Gasteiger partial charge in [0.25, 0.3) is 15.7 Å². The number of nitrogens with one attached hydrogen (secondary N) is 1. The molecule has 1 aromatic carbocycles. The first kappa shape index (κ1) is 18.9. The molecule has 0 saturated heterocycles. The molecule has 1 N–H and O–H groups in total. The van der Waals surface area contributed by atoms with E-state index in [1.54, 1.807) is 4.72 Å². The maximum Gasteiger partial charge on any atom is 0.421 e. The summed E-state index contributed by atoms with van der Waals surface area (Å²) in [4.78, 5) is 21.5. The zero-order chi connectivity index (χ0) is 17.8. The SMILES string of the molecule is CC(C)C(OC(=O)NS(=O)(=O)c1ccc([N+](=O)[O-])cc1)C(C)C. The van der Waals surface area contributed by atoms with Gasteiger partial charge in [0.05, 0.1) is 9.82 Å². The Labute approximate surface area is 135 Å². The highest BCUT2D eigenvalue weighted by Crippen LogP contribution is 2.18. The summed E-state index contributed by atoms with van der Waals surface area (Å²) in [5.74, 6) is 0.0608. The smallest absolute Gasteiger partial charge is 0.421 e. The summed E-state index contributed by atoms with van der Waals surface area (Å²) < 4.78 is 31.1. The van der Waals surface area contributed by atoms with Crippen molar-refractivity contribution in [3.63, 3.8) is 0 Å². The van der Waals surface area contributed by atoms with Gasteiger partial charge in [-0.2, -0.15) is 0 Å². The average Bonchev–Trinajstić information content (AvgIpc) is 2.43. The van der Waals surface area contributed by atoms with Crippen molar-refractivity contribution < 1.29 is 22.9 Å². The molecule has 1 amide bonds. The number of carbonyl (C=O) groups is 1. The largest absolute Gasteiger partial charge is 0.445 e. The first-order valence-electron chi connectivity index (χ1n) is 7.02. The number of rotatable bonds is 6. The third kappa shape index (κ3) is 5.20. The minimum absolute atomic E-state index is 0.0304. The van der Waals surface area contributed by atoms with Gasteiger partial charge in [0.2, 0.25) is 0 Å². The van der Waals surface area contributed by atoms with Crippen molar-refractivity contribution in [2.75, 3.05) is 0 Å². The van der Waals surface area contributed by atoms with E-state index in [0.717, 1.165) is 24.3 Å². The molecule has 9 heteroatoms. The van der Waals surface area contributed by atoms with Crippen molar-refractivity contribution in [2.24, 2.45) is 11.8 Å². The Bertz CT molecular complexity index is 659. The summed E-state index contributed by atoms with van der Waals surface area (Å²) in [5, 5.41) is 10.6. The van der Waals surface area contributed by atoms with E-state index < -0.39 is 27.1 Å². The monoisotopic (exact) mass is 344 g/mol. The van der Waals surface area contributed by atoms with Gasteiger partial charge in [-0.25, -0.2) is 17.9 Å². The molecule has 0 bridgehead atoms. The van der Waals surface area contributed by atoms with Gasteiger partial charge in [-0.3, -0.25) is 10.1 Å². The molecule has 0 aromatic heterocycles. The van der Waals surface area contributed by atoms with Crippen LogP contribution >= 0.6 is 0 Å². The van der Waals surface area contributed by atoms with Crippen LogP contribution in [0.2, 0.25) is 0 Å². The molecule has 0 heterocycles. The minimum atomic E-state index is -4.15. The lowest BCUT2D eigenvalue weighted by molar-refractivity contribution is -0.384. The van der Waals surface area contributed by atoms with E-state index in [-0.39, 0.29) is 22.4 Å². The number of carbonyl (C=O) groups excluding carboxylic acids is 1. The van der Waals surface area contributed by atoms with Crippen molar-refractivity contribution in [1.82, 2.24) is 4.72 Å². The third-order valence-corrected chi connectivity index (χ3v) is 4.46. The second kappa shape index (κ2) is 7.40. The molecule has 0 aliphatic carbocycles. The molecular formula is C14H20N2O6S. The van der Waals surface area contributed by atoms with Gasteiger partial charge in [0.15, 0.2) is 0 Å². The molecule has 1 aromatic rings. The van der Waals surface area contributed by atoms with Crippen LogP contribution in [0.5, 0.6) is 0 Å². The van der Waals surface area contributed by atoms with Crippen LogP contribution in [0.4, 0.5) is 10.5 Å². The molecule has 0 unspecified atom stereocenters. The molecule has 0 fully saturated rings. The third-order valence-electron chi connectivity index (χ3n) is 3.13. The van der Waals surface area contributed by atoms with Gasteiger partial charge in [-0.1, -0.05) is 27.7 Å². The van der Waals surface area contributed by atoms with Crippen LogP contribution in [0.25, 0.3) is 0 Å². The number of nitro benzene ring substituents is 1. The fourth-order valence-electron chi connectivity index (χ4n) is 2.11. The van der Waals surface area contributed by atoms with Crippen LogP contribution in [0.3, 0.4) is 0 Å². The Morgan fingerprint density at radius 1 is 1.13 bits per heavy atom. The molecular weight excluding hydrogens is 324 g/mol. The predicted molar refractivity (Wildman–Crippen MR) is 83.4 cm³/mol. The molecule has 0 aliphatic rings. The topological polar surface area (TPSA) is 116 Å². The van der Waals surface area contributed by atoms with Crippen molar-refractivity contribution in [2.45, 2.75) is 38.7 Å². The Morgan fingerprint density at radius 2 is 1.61 bits per heavy atom. The standard InChI is InChI=1S/C14H20N2O6S/c1-9(2)13(10(3)4)22-14(17)15-23(20,21)12-7-5-11(6-8-12)16(18)19/h5-10,13H,1-4H3,(H,15,17). The van der Waals surface area contributed by atoms with Crippen molar-refractivity contribution in [3.8, 4) is 0 Å². The highest BCUT2D eigenvalue weighted by Gasteiger charge is 2.25. The predicted octanol–water partition coefficient (Wildman–Crippen LogP) is 2.69. The van der Waals surface area contributed by atoms with Gasteiger partial charge >= 0.3 is 6.09 Å². The molecule has 1 rings (SSSR count). The lowest BCUT2D eigenvalue weighted by Gasteiger charge is -2.24. The lowest BCUT2D eigenvalue weighted by atomic mass is 9.96. The van der Waals surface area contributed by atoms with Crippen LogP contribution in [0.15, 0.2) is 29.2 Å². The maximum atomic E-state index is 12.1. The van der Waals surface area contributed by atoms with Crippen molar-refractivity contribution in [1.29, 1.82) is 0 Å². The van der Waals surface area contributed by atoms with Gasteiger partial charge < -0.3 is 4.74 Å². The van der Waals surface area contributed by atoms with E-state index in [2.05, 4.69) is 0 Å². The highest BCUT2D eigenvalue weighted by molar-refractivity contribution is 7.90. The average molecular weight is 344 g/mol. The summed E-state index contributed by atoms with van der Waals surface area (Å²) in [5.41, 5.74) is -0.244. The first-order chi connectivity index (χ1) is 10.5. The Morgan fingerprint density at radius 3 is 2.00 bits per heavy atom. The molecule has 0 saturated carbocycles.